The molecule has 1 aliphatic heterocycles. The van der Waals surface area contributed by atoms with Gasteiger partial charge < -0.3 is 24.2 Å². The first-order chi connectivity index (χ1) is 19.0. The standard InChI is InChI=1S/C32H35NO6/c1-4-20-39-25-15-12-23(13-16-25)30(34)28-29(24-14-17-26(37-5-2)27(21-24)38-6-3)33(32(36)31(28)35)19-18-22-10-8-7-9-11-22/h7-17,21,29,34H,4-6,18-20H2,1-3H3/b30-28+. The number of aliphatic hydroxyl groups excluding tert-OH is 1. The lowest BCUT2D eigenvalue weighted by Crippen LogP contribution is -2.31. The van der Waals surface area contributed by atoms with Gasteiger partial charge in [0.2, 0.25) is 0 Å². The number of ether oxygens (including phenoxy) is 3. The molecule has 0 spiro atoms. The minimum atomic E-state index is -0.792. The van der Waals surface area contributed by atoms with Gasteiger partial charge in [0.1, 0.15) is 11.5 Å². The second kappa shape index (κ2) is 13.0. The minimum absolute atomic E-state index is 0.0434. The number of amides is 1. The first kappa shape index (κ1) is 27.8. The molecule has 4 rings (SSSR count). The quantitative estimate of drug-likeness (QED) is 0.178. The SMILES string of the molecule is CCCOc1ccc(/C(O)=C2\C(=O)C(=O)N(CCc3ccccc3)C2c2ccc(OCC)c(OCC)c2)cc1. The van der Waals surface area contributed by atoms with Crippen molar-refractivity contribution in [2.45, 2.75) is 39.7 Å². The Bertz CT molecular complexity index is 1320. The fourth-order valence-electron chi connectivity index (χ4n) is 4.67. The van der Waals surface area contributed by atoms with Crippen LogP contribution >= 0.6 is 0 Å². The lowest BCUT2D eigenvalue weighted by Gasteiger charge is -2.26. The number of carbonyl (C=O) groups excluding carboxylic acids is 2. The fraction of sp³-hybridized carbons (Fsp3) is 0.312. The van der Waals surface area contributed by atoms with Gasteiger partial charge in [0, 0.05) is 12.1 Å². The number of hydrogen-bond acceptors (Lipinski definition) is 6. The first-order valence-corrected chi connectivity index (χ1v) is 13.4. The Kier molecular flexibility index (Phi) is 9.26. The molecule has 1 N–H and O–H groups in total. The Hall–Kier alpha value is -4.26. The number of hydrogen-bond donors (Lipinski definition) is 1. The predicted molar refractivity (Wildman–Crippen MR) is 150 cm³/mol. The molecule has 1 atom stereocenters. The maximum Gasteiger partial charge on any atom is 0.295 e. The number of likely N-dealkylation sites (tertiary alicyclic amines) is 1. The summed E-state index contributed by atoms with van der Waals surface area (Å²) in [5.41, 5.74) is 2.17. The molecule has 1 amide bonds. The van der Waals surface area contributed by atoms with Crippen molar-refractivity contribution in [3.63, 3.8) is 0 Å². The van der Waals surface area contributed by atoms with Crippen LogP contribution in [-0.2, 0) is 16.0 Å². The third kappa shape index (κ3) is 6.25. The zero-order chi connectivity index (χ0) is 27.8. The van der Waals surface area contributed by atoms with Gasteiger partial charge in [-0.05, 0) is 74.2 Å². The number of benzene rings is 3. The Morgan fingerprint density at radius 3 is 2.21 bits per heavy atom. The van der Waals surface area contributed by atoms with Crippen molar-refractivity contribution in [2.24, 2.45) is 0 Å². The average Bonchev–Trinajstić information content (AvgIpc) is 3.21. The van der Waals surface area contributed by atoms with Gasteiger partial charge in [-0.1, -0.05) is 43.3 Å². The molecular weight excluding hydrogens is 494 g/mol. The number of nitrogens with zero attached hydrogens (tertiary/aromatic N) is 1. The van der Waals surface area contributed by atoms with Crippen molar-refractivity contribution >= 4 is 17.4 Å². The van der Waals surface area contributed by atoms with Crippen molar-refractivity contribution in [3.05, 3.63) is 95.1 Å². The highest BCUT2D eigenvalue weighted by Crippen LogP contribution is 2.42. The van der Waals surface area contributed by atoms with Gasteiger partial charge in [-0.25, -0.2) is 0 Å². The molecule has 0 bridgehead atoms. The number of aliphatic hydroxyl groups is 1. The van der Waals surface area contributed by atoms with Crippen LogP contribution in [-0.4, -0.2) is 48.1 Å². The third-order valence-corrected chi connectivity index (χ3v) is 6.51. The van der Waals surface area contributed by atoms with Crippen LogP contribution in [0.4, 0.5) is 0 Å². The number of rotatable bonds is 12. The van der Waals surface area contributed by atoms with Crippen LogP contribution in [0.25, 0.3) is 5.76 Å². The van der Waals surface area contributed by atoms with Crippen LogP contribution < -0.4 is 14.2 Å². The Morgan fingerprint density at radius 1 is 0.846 bits per heavy atom. The molecule has 39 heavy (non-hydrogen) atoms. The highest BCUT2D eigenvalue weighted by molar-refractivity contribution is 6.46. The van der Waals surface area contributed by atoms with E-state index in [1.165, 1.54) is 4.90 Å². The Labute approximate surface area is 229 Å². The van der Waals surface area contributed by atoms with Gasteiger partial charge in [0.15, 0.2) is 11.5 Å². The fourth-order valence-corrected chi connectivity index (χ4v) is 4.67. The van der Waals surface area contributed by atoms with E-state index in [2.05, 4.69) is 0 Å². The van der Waals surface area contributed by atoms with Crippen LogP contribution in [0.2, 0.25) is 0 Å². The third-order valence-electron chi connectivity index (χ3n) is 6.51. The van der Waals surface area contributed by atoms with E-state index in [9.17, 15) is 14.7 Å². The van der Waals surface area contributed by atoms with E-state index in [1.807, 2.05) is 57.2 Å². The molecule has 3 aromatic carbocycles. The summed E-state index contributed by atoms with van der Waals surface area (Å²) < 4.78 is 17.2. The van der Waals surface area contributed by atoms with Gasteiger partial charge in [0.25, 0.3) is 11.7 Å². The van der Waals surface area contributed by atoms with Gasteiger partial charge in [-0.3, -0.25) is 9.59 Å². The summed E-state index contributed by atoms with van der Waals surface area (Å²) >= 11 is 0. The van der Waals surface area contributed by atoms with E-state index in [-0.39, 0.29) is 11.3 Å². The summed E-state index contributed by atoms with van der Waals surface area (Å²) in [5.74, 6) is 0.168. The molecular formula is C32H35NO6. The van der Waals surface area contributed by atoms with Crippen LogP contribution in [0.5, 0.6) is 17.2 Å². The van der Waals surface area contributed by atoms with E-state index < -0.39 is 17.7 Å². The maximum atomic E-state index is 13.4. The molecule has 0 saturated carbocycles. The molecule has 0 radical (unpaired) electrons. The van der Waals surface area contributed by atoms with Crippen molar-refractivity contribution < 1.29 is 28.9 Å². The zero-order valence-electron chi connectivity index (χ0n) is 22.7. The number of ketones is 1. The van der Waals surface area contributed by atoms with Crippen molar-refractivity contribution in [3.8, 4) is 17.2 Å². The summed E-state index contributed by atoms with van der Waals surface area (Å²) in [6, 6.07) is 21.2. The van der Waals surface area contributed by atoms with Crippen LogP contribution in [0.1, 0.15) is 49.9 Å². The average molecular weight is 530 g/mol. The van der Waals surface area contributed by atoms with Crippen LogP contribution in [0.15, 0.2) is 78.4 Å². The molecule has 1 unspecified atom stereocenters. The maximum absolute atomic E-state index is 13.4. The minimum Gasteiger partial charge on any atom is -0.507 e. The molecule has 1 saturated heterocycles. The zero-order valence-corrected chi connectivity index (χ0v) is 22.7. The van der Waals surface area contributed by atoms with Gasteiger partial charge in [0.05, 0.1) is 31.4 Å². The molecule has 1 aliphatic rings. The van der Waals surface area contributed by atoms with Gasteiger partial charge >= 0.3 is 0 Å². The van der Waals surface area contributed by atoms with E-state index in [0.29, 0.717) is 61.2 Å². The number of Topliss-reactive ketones (excluding diaryl/α,β-unsaturated/α-hetero) is 1. The Morgan fingerprint density at radius 2 is 1.54 bits per heavy atom. The summed E-state index contributed by atoms with van der Waals surface area (Å²) in [6.07, 6.45) is 1.43. The van der Waals surface area contributed by atoms with Crippen molar-refractivity contribution in [1.29, 1.82) is 0 Å². The molecule has 204 valence electrons. The monoisotopic (exact) mass is 529 g/mol. The van der Waals surface area contributed by atoms with Gasteiger partial charge in [-0.2, -0.15) is 0 Å². The molecule has 1 heterocycles. The Balaban J connectivity index is 1.78. The number of carbonyl (C=O) groups is 2. The summed E-state index contributed by atoms with van der Waals surface area (Å²) in [5, 5.41) is 11.4. The van der Waals surface area contributed by atoms with E-state index >= 15 is 0 Å². The predicted octanol–water partition coefficient (Wildman–Crippen LogP) is 5.94. The highest BCUT2D eigenvalue weighted by atomic mass is 16.5. The van der Waals surface area contributed by atoms with Crippen LogP contribution in [0, 0.1) is 0 Å². The van der Waals surface area contributed by atoms with Crippen molar-refractivity contribution in [1.82, 2.24) is 4.90 Å². The molecule has 7 heteroatoms. The van der Waals surface area contributed by atoms with Gasteiger partial charge in [-0.15, -0.1) is 0 Å². The van der Waals surface area contributed by atoms with E-state index in [1.54, 1.807) is 36.4 Å². The lowest BCUT2D eigenvalue weighted by atomic mass is 9.94. The lowest BCUT2D eigenvalue weighted by molar-refractivity contribution is -0.139. The van der Waals surface area contributed by atoms with E-state index in [0.717, 1.165) is 12.0 Å². The normalized spacial score (nSPS) is 16.4. The van der Waals surface area contributed by atoms with E-state index in [4.69, 9.17) is 14.2 Å². The molecule has 7 nitrogen and oxygen atoms in total. The summed E-state index contributed by atoms with van der Waals surface area (Å²) in [6.45, 7) is 7.56. The topological polar surface area (TPSA) is 85.3 Å². The van der Waals surface area contributed by atoms with Crippen LogP contribution in [0.3, 0.4) is 0 Å². The van der Waals surface area contributed by atoms with Crippen molar-refractivity contribution in [2.75, 3.05) is 26.4 Å². The molecule has 3 aromatic rings. The largest absolute Gasteiger partial charge is 0.507 e. The highest BCUT2D eigenvalue weighted by Gasteiger charge is 2.46. The molecule has 1 fully saturated rings. The first-order valence-electron chi connectivity index (χ1n) is 13.4. The smallest absolute Gasteiger partial charge is 0.295 e. The second-order valence-corrected chi connectivity index (χ2v) is 9.17. The second-order valence-electron chi connectivity index (χ2n) is 9.17. The summed E-state index contributed by atoms with van der Waals surface area (Å²) in [4.78, 5) is 28.3. The summed E-state index contributed by atoms with van der Waals surface area (Å²) in [7, 11) is 0. The molecule has 0 aliphatic carbocycles. The molecule has 0 aromatic heterocycles.